The van der Waals surface area contributed by atoms with Crippen molar-refractivity contribution in [2.75, 3.05) is 41.5 Å². The summed E-state index contributed by atoms with van der Waals surface area (Å²) in [5.41, 5.74) is 1.38. The molecule has 2 saturated heterocycles. The number of benzene rings is 1. The summed E-state index contributed by atoms with van der Waals surface area (Å²) in [7, 11) is 0. The number of nitrogens with one attached hydrogen (secondary N) is 2. The second-order valence-electron chi connectivity index (χ2n) is 7.50. The van der Waals surface area contributed by atoms with Crippen molar-refractivity contribution in [1.82, 2.24) is 5.32 Å². The summed E-state index contributed by atoms with van der Waals surface area (Å²) in [5.74, 6) is 0.785. The highest BCUT2D eigenvalue weighted by Gasteiger charge is 2.43. The minimum absolute atomic E-state index is 0.0732. The van der Waals surface area contributed by atoms with E-state index >= 15 is 0 Å². The van der Waals surface area contributed by atoms with Gasteiger partial charge in [0, 0.05) is 23.7 Å². The van der Waals surface area contributed by atoms with Crippen LogP contribution in [-0.4, -0.2) is 54.5 Å². The molecule has 2 N–H and O–H groups in total. The van der Waals surface area contributed by atoms with Gasteiger partial charge in [-0.05, 0) is 70.9 Å². The SMILES string of the molecule is Cc1cc(NC(=O)[C@@]2(NC(=O)c3ccc(Br)s3)CCSC2)ccc1N1CCOCC1=O. The van der Waals surface area contributed by atoms with Gasteiger partial charge in [-0.1, -0.05) is 0 Å². The highest BCUT2D eigenvalue weighted by Crippen LogP contribution is 2.32. The zero-order valence-electron chi connectivity index (χ0n) is 16.9. The summed E-state index contributed by atoms with van der Waals surface area (Å²) in [5, 5.41) is 5.94. The molecule has 2 aliphatic heterocycles. The van der Waals surface area contributed by atoms with Crippen LogP contribution in [0.4, 0.5) is 11.4 Å². The normalized spacial score (nSPS) is 21.2. The van der Waals surface area contributed by atoms with Gasteiger partial charge < -0.3 is 20.3 Å². The van der Waals surface area contributed by atoms with Crippen LogP contribution >= 0.6 is 39.0 Å². The maximum absolute atomic E-state index is 13.2. The van der Waals surface area contributed by atoms with Crippen molar-refractivity contribution in [3.05, 3.63) is 44.6 Å². The van der Waals surface area contributed by atoms with Crippen molar-refractivity contribution in [3.63, 3.8) is 0 Å². The van der Waals surface area contributed by atoms with Gasteiger partial charge in [-0.25, -0.2) is 0 Å². The van der Waals surface area contributed by atoms with Gasteiger partial charge in [-0.2, -0.15) is 11.8 Å². The van der Waals surface area contributed by atoms with E-state index in [1.54, 1.807) is 28.8 Å². The Morgan fingerprint density at radius 3 is 2.74 bits per heavy atom. The zero-order chi connectivity index (χ0) is 22.0. The van der Waals surface area contributed by atoms with Crippen molar-refractivity contribution in [3.8, 4) is 0 Å². The monoisotopic (exact) mass is 523 g/mol. The summed E-state index contributed by atoms with van der Waals surface area (Å²) in [6, 6.07) is 9.04. The number of thioether (sulfide) groups is 1. The molecule has 1 atom stereocenters. The molecule has 164 valence electrons. The van der Waals surface area contributed by atoms with Crippen molar-refractivity contribution < 1.29 is 19.1 Å². The Bertz CT molecular complexity index is 1020. The topological polar surface area (TPSA) is 87.7 Å². The summed E-state index contributed by atoms with van der Waals surface area (Å²) in [6.07, 6.45) is 0.571. The number of amides is 3. The number of hydrogen-bond donors (Lipinski definition) is 2. The van der Waals surface area contributed by atoms with Crippen LogP contribution in [0.2, 0.25) is 0 Å². The molecule has 31 heavy (non-hydrogen) atoms. The number of morpholine rings is 1. The Morgan fingerprint density at radius 2 is 2.10 bits per heavy atom. The maximum Gasteiger partial charge on any atom is 0.262 e. The summed E-state index contributed by atoms with van der Waals surface area (Å²) in [6.45, 7) is 3.00. The Labute approximate surface area is 197 Å². The van der Waals surface area contributed by atoms with E-state index in [1.165, 1.54) is 11.3 Å². The highest BCUT2D eigenvalue weighted by atomic mass is 79.9. The molecule has 2 aliphatic rings. The molecule has 7 nitrogen and oxygen atoms in total. The van der Waals surface area contributed by atoms with Gasteiger partial charge in [-0.3, -0.25) is 14.4 Å². The van der Waals surface area contributed by atoms with E-state index in [9.17, 15) is 14.4 Å². The average molecular weight is 524 g/mol. The van der Waals surface area contributed by atoms with Crippen LogP contribution in [-0.2, 0) is 14.3 Å². The molecule has 3 amide bonds. The standard InChI is InChI=1S/C21H22BrN3O4S2/c1-13-10-14(2-3-15(13)25-7-8-29-11-18(25)26)23-20(28)21(6-9-30-12-21)24-19(27)16-4-5-17(22)31-16/h2-5,10H,6-9,11-12H2,1H3,(H,23,28)(H,24,27)/t21-/m1/s1. The first-order chi connectivity index (χ1) is 14.9. The summed E-state index contributed by atoms with van der Waals surface area (Å²) in [4.78, 5) is 40.4. The van der Waals surface area contributed by atoms with Gasteiger partial charge in [0.05, 0.1) is 15.3 Å². The Balaban J connectivity index is 1.49. The molecule has 0 saturated carbocycles. The van der Waals surface area contributed by atoms with E-state index in [4.69, 9.17) is 4.74 Å². The minimum Gasteiger partial charge on any atom is -0.370 e. The molecule has 0 bridgehead atoms. The zero-order valence-corrected chi connectivity index (χ0v) is 20.1. The maximum atomic E-state index is 13.2. The fraction of sp³-hybridized carbons (Fsp3) is 0.381. The molecule has 2 fully saturated rings. The molecule has 0 radical (unpaired) electrons. The van der Waals surface area contributed by atoms with Crippen LogP contribution in [0.3, 0.4) is 0 Å². The number of rotatable bonds is 5. The van der Waals surface area contributed by atoms with Gasteiger partial charge in [0.25, 0.3) is 17.7 Å². The quantitative estimate of drug-likeness (QED) is 0.626. The Hall–Kier alpha value is -1.88. The van der Waals surface area contributed by atoms with Gasteiger partial charge in [-0.15, -0.1) is 11.3 Å². The smallest absolute Gasteiger partial charge is 0.262 e. The molecule has 0 aliphatic carbocycles. The van der Waals surface area contributed by atoms with Crippen molar-refractivity contribution in [2.24, 2.45) is 0 Å². The molecule has 3 heterocycles. The number of aryl methyl sites for hydroxylation is 1. The number of carbonyl (C=O) groups excluding carboxylic acids is 3. The first-order valence-electron chi connectivity index (χ1n) is 9.84. The lowest BCUT2D eigenvalue weighted by Gasteiger charge is -2.29. The molecule has 10 heteroatoms. The van der Waals surface area contributed by atoms with E-state index < -0.39 is 5.54 Å². The molecule has 1 aromatic carbocycles. The molecule has 0 spiro atoms. The Morgan fingerprint density at radius 1 is 1.26 bits per heavy atom. The van der Waals surface area contributed by atoms with Gasteiger partial charge >= 0.3 is 0 Å². The number of nitrogens with zero attached hydrogens (tertiary/aromatic N) is 1. The van der Waals surface area contributed by atoms with E-state index in [0.717, 1.165) is 20.8 Å². The molecular weight excluding hydrogens is 502 g/mol. The molecular formula is C21H22BrN3O4S2. The summed E-state index contributed by atoms with van der Waals surface area (Å²) < 4.78 is 6.06. The number of ether oxygens (including phenoxy) is 1. The first kappa shape index (κ1) is 22.3. The van der Waals surface area contributed by atoms with Crippen LogP contribution in [0, 0.1) is 6.92 Å². The lowest BCUT2D eigenvalue weighted by molar-refractivity contribution is -0.125. The largest absolute Gasteiger partial charge is 0.370 e. The lowest BCUT2D eigenvalue weighted by Crippen LogP contribution is -2.57. The van der Waals surface area contributed by atoms with Crippen molar-refractivity contribution >= 4 is 68.1 Å². The number of hydrogen-bond acceptors (Lipinski definition) is 6. The van der Waals surface area contributed by atoms with Crippen LogP contribution in [0.5, 0.6) is 0 Å². The predicted octanol–water partition coefficient (Wildman–Crippen LogP) is 3.43. The first-order valence-corrected chi connectivity index (χ1v) is 12.6. The van der Waals surface area contributed by atoms with E-state index in [2.05, 4.69) is 26.6 Å². The minimum atomic E-state index is -0.953. The molecule has 4 rings (SSSR count). The highest BCUT2D eigenvalue weighted by molar-refractivity contribution is 9.11. The van der Waals surface area contributed by atoms with Gasteiger partial charge in [0.1, 0.15) is 12.1 Å². The van der Waals surface area contributed by atoms with E-state index in [-0.39, 0.29) is 24.3 Å². The average Bonchev–Trinajstić information content (AvgIpc) is 3.39. The third-order valence-corrected chi connectivity index (χ3v) is 8.15. The van der Waals surface area contributed by atoms with Crippen LogP contribution < -0.4 is 15.5 Å². The fourth-order valence-electron chi connectivity index (χ4n) is 3.67. The van der Waals surface area contributed by atoms with Crippen molar-refractivity contribution in [1.29, 1.82) is 0 Å². The second kappa shape index (κ2) is 9.32. The van der Waals surface area contributed by atoms with Crippen LogP contribution in [0.1, 0.15) is 21.7 Å². The molecule has 1 aromatic heterocycles. The number of halogens is 1. The van der Waals surface area contributed by atoms with Crippen LogP contribution in [0.15, 0.2) is 34.1 Å². The Kier molecular flexibility index (Phi) is 6.71. The van der Waals surface area contributed by atoms with E-state index in [0.29, 0.717) is 35.9 Å². The predicted molar refractivity (Wildman–Crippen MR) is 127 cm³/mol. The molecule has 2 aromatic rings. The third kappa shape index (κ3) is 4.82. The summed E-state index contributed by atoms with van der Waals surface area (Å²) >= 11 is 6.35. The second-order valence-corrected chi connectivity index (χ2v) is 11.1. The number of carbonyl (C=O) groups is 3. The fourth-order valence-corrected chi connectivity index (χ4v) is 6.29. The third-order valence-electron chi connectivity index (χ3n) is 5.34. The number of thiophene rings is 1. The van der Waals surface area contributed by atoms with Gasteiger partial charge in [0.2, 0.25) is 0 Å². The van der Waals surface area contributed by atoms with E-state index in [1.807, 2.05) is 25.1 Å². The van der Waals surface area contributed by atoms with Gasteiger partial charge in [0.15, 0.2) is 0 Å². The van der Waals surface area contributed by atoms with Crippen molar-refractivity contribution in [2.45, 2.75) is 18.9 Å². The lowest BCUT2D eigenvalue weighted by atomic mass is 9.97. The number of anilines is 2. The molecule has 0 unspecified atom stereocenters. The van der Waals surface area contributed by atoms with Crippen LogP contribution in [0.25, 0.3) is 0 Å².